The van der Waals surface area contributed by atoms with Crippen LogP contribution >= 0.6 is 11.6 Å². The molecule has 0 aliphatic heterocycles. The Morgan fingerprint density at radius 1 is 1.43 bits per heavy atom. The summed E-state index contributed by atoms with van der Waals surface area (Å²) in [5.41, 5.74) is 0.946. The highest BCUT2D eigenvalue weighted by atomic mass is 35.5. The monoisotopic (exact) mass is 309 g/mol. The highest BCUT2D eigenvalue weighted by molar-refractivity contribution is 6.32. The van der Waals surface area contributed by atoms with E-state index in [-0.39, 0.29) is 23.5 Å². The number of halogens is 1. The smallest absolute Gasteiger partial charge is 0.305 e. The van der Waals surface area contributed by atoms with E-state index in [0.29, 0.717) is 24.3 Å². The first-order chi connectivity index (χ1) is 10.0. The molecule has 2 aromatic rings. The zero-order valence-electron chi connectivity index (χ0n) is 11.9. The van der Waals surface area contributed by atoms with Crippen LogP contribution in [0.15, 0.2) is 24.4 Å². The van der Waals surface area contributed by atoms with E-state index in [2.05, 4.69) is 9.72 Å². The average Bonchev–Trinajstić information content (AvgIpc) is 2.81. The highest BCUT2D eigenvalue weighted by Crippen LogP contribution is 2.19. The van der Waals surface area contributed by atoms with Gasteiger partial charge in [0.25, 0.3) is 5.91 Å². The molecular formula is C14H16ClN3O3. The van der Waals surface area contributed by atoms with Crippen LogP contribution in [0.3, 0.4) is 0 Å². The molecule has 112 valence electrons. The molecule has 0 aliphatic rings. The molecule has 1 amide bonds. The highest BCUT2D eigenvalue weighted by Gasteiger charge is 2.21. The second kappa shape index (κ2) is 6.58. The SMILES string of the molecule is COC(=O)CCCN(C)C(=O)c1c(Cl)nc2ccccn12. The fraction of sp³-hybridized carbons (Fsp3) is 0.357. The van der Waals surface area contributed by atoms with Crippen molar-refractivity contribution in [3.8, 4) is 0 Å². The number of imidazole rings is 1. The van der Waals surface area contributed by atoms with Crippen molar-refractivity contribution in [1.29, 1.82) is 0 Å². The van der Waals surface area contributed by atoms with E-state index in [1.165, 1.54) is 12.0 Å². The van der Waals surface area contributed by atoms with Gasteiger partial charge in [0.1, 0.15) is 5.65 Å². The van der Waals surface area contributed by atoms with Crippen molar-refractivity contribution in [2.45, 2.75) is 12.8 Å². The topological polar surface area (TPSA) is 63.9 Å². The maximum atomic E-state index is 12.5. The van der Waals surface area contributed by atoms with Gasteiger partial charge >= 0.3 is 5.97 Å². The minimum atomic E-state index is -0.288. The Balaban J connectivity index is 2.11. The van der Waals surface area contributed by atoms with E-state index in [4.69, 9.17) is 11.6 Å². The average molecular weight is 310 g/mol. The van der Waals surface area contributed by atoms with Gasteiger partial charge in [0, 0.05) is 26.2 Å². The van der Waals surface area contributed by atoms with E-state index in [1.54, 1.807) is 29.8 Å². The second-order valence-corrected chi connectivity index (χ2v) is 4.94. The quantitative estimate of drug-likeness (QED) is 0.793. The Bertz CT molecular complexity index is 669. The first kappa shape index (κ1) is 15.3. The number of nitrogens with zero attached hydrogens (tertiary/aromatic N) is 3. The van der Waals surface area contributed by atoms with Gasteiger partial charge in [-0.25, -0.2) is 4.98 Å². The summed E-state index contributed by atoms with van der Waals surface area (Å²) in [7, 11) is 3.01. The number of carbonyl (C=O) groups is 2. The Hall–Kier alpha value is -2.08. The van der Waals surface area contributed by atoms with Crippen molar-refractivity contribution < 1.29 is 14.3 Å². The molecule has 0 saturated carbocycles. The number of amides is 1. The van der Waals surface area contributed by atoms with Gasteiger partial charge in [-0.05, 0) is 18.6 Å². The number of rotatable bonds is 5. The number of esters is 1. The maximum absolute atomic E-state index is 12.5. The van der Waals surface area contributed by atoms with Crippen molar-refractivity contribution in [3.63, 3.8) is 0 Å². The fourth-order valence-corrected chi connectivity index (χ4v) is 2.26. The molecule has 0 radical (unpaired) electrons. The van der Waals surface area contributed by atoms with Crippen LogP contribution in [-0.4, -0.2) is 46.9 Å². The summed E-state index contributed by atoms with van der Waals surface area (Å²) in [4.78, 5) is 29.2. The first-order valence-corrected chi connectivity index (χ1v) is 6.87. The molecule has 0 fully saturated rings. The summed E-state index contributed by atoms with van der Waals surface area (Å²) in [6.45, 7) is 0.435. The third-order valence-corrected chi connectivity index (χ3v) is 3.40. The van der Waals surface area contributed by atoms with Gasteiger partial charge < -0.3 is 9.64 Å². The third kappa shape index (κ3) is 3.33. The van der Waals surface area contributed by atoms with Crippen LogP contribution in [0.5, 0.6) is 0 Å². The molecule has 2 heterocycles. The van der Waals surface area contributed by atoms with Crippen LogP contribution in [0.25, 0.3) is 5.65 Å². The molecule has 21 heavy (non-hydrogen) atoms. The lowest BCUT2D eigenvalue weighted by atomic mass is 10.3. The number of methoxy groups -OCH3 is 1. The molecule has 0 saturated heterocycles. The van der Waals surface area contributed by atoms with E-state index < -0.39 is 0 Å². The number of fused-ring (bicyclic) bond motifs is 1. The first-order valence-electron chi connectivity index (χ1n) is 6.49. The molecular weight excluding hydrogens is 294 g/mol. The van der Waals surface area contributed by atoms with Crippen molar-refractivity contribution >= 4 is 29.1 Å². The van der Waals surface area contributed by atoms with Crippen molar-refractivity contribution in [1.82, 2.24) is 14.3 Å². The van der Waals surface area contributed by atoms with Gasteiger partial charge in [0.2, 0.25) is 0 Å². The minimum absolute atomic E-state index is 0.172. The molecule has 0 N–H and O–H groups in total. The van der Waals surface area contributed by atoms with Gasteiger partial charge in [0.05, 0.1) is 7.11 Å². The molecule has 0 spiro atoms. The van der Waals surface area contributed by atoms with Gasteiger partial charge in [-0.3, -0.25) is 14.0 Å². The molecule has 6 nitrogen and oxygen atoms in total. The van der Waals surface area contributed by atoms with E-state index in [9.17, 15) is 9.59 Å². The van der Waals surface area contributed by atoms with Gasteiger partial charge in [0.15, 0.2) is 10.8 Å². The standard InChI is InChI=1S/C14H16ClN3O3/c1-17(8-5-7-11(19)21-2)14(20)12-13(15)16-10-6-3-4-9-18(10)12/h3-4,6,9H,5,7-8H2,1-2H3. The molecule has 7 heteroatoms. The molecule has 0 unspecified atom stereocenters. The van der Waals surface area contributed by atoms with Gasteiger partial charge in [-0.15, -0.1) is 0 Å². The van der Waals surface area contributed by atoms with Crippen LogP contribution in [0.1, 0.15) is 23.3 Å². The minimum Gasteiger partial charge on any atom is -0.469 e. The molecule has 0 aromatic carbocycles. The van der Waals surface area contributed by atoms with Crippen molar-refractivity contribution in [3.05, 3.63) is 35.2 Å². The molecule has 0 atom stereocenters. The fourth-order valence-electron chi connectivity index (χ4n) is 2.00. The van der Waals surface area contributed by atoms with Crippen LogP contribution in [0, 0.1) is 0 Å². The van der Waals surface area contributed by atoms with Crippen LogP contribution in [0.4, 0.5) is 0 Å². The largest absolute Gasteiger partial charge is 0.469 e. The summed E-state index contributed by atoms with van der Waals surface area (Å²) in [5, 5.41) is 0.172. The third-order valence-electron chi connectivity index (χ3n) is 3.14. The number of aromatic nitrogens is 2. The normalized spacial score (nSPS) is 10.6. The predicted octanol–water partition coefficient (Wildman–Crippen LogP) is 2.01. The van der Waals surface area contributed by atoms with Crippen molar-refractivity contribution in [2.24, 2.45) is 0 Å². The van der Waals surface area contributed by atoms with Crippen LogP contribution in [0.2, 0.25) is 5.15 Å². The summed E-state index contributed by atoms with van der Waals surface area (Å²) in [6, 6.07) is 5.41. The predicted molar refractivity (Wildman–Crippen MR) is 78.4 cm³/mol. The van der Waals surface area contributed by atoms with Crippen molar-refractivity contribution in [2.75, 3.05) is 20.7 Å². The van der Waals surface area contributed by atoms with E-state index in [0.717, 1.165) is 0 Å². The van der Waals surface area contributed by atoms with Crippen LogP contribution in [-0.2, 0) is 9.53 Å². The maximum Gasteiger partial charge on any atom is 0.305 e. The number of hydrogen-bond donors (Lipinski definition) is 0. The summed E-state index contributed by atoms with van der Waals surface area (Å²) in [6.07, 6.45) is 2.54. The molecule has 0 bridgehead atoms. The number of hydrogen-bond acceptors (Lipinski definition) is 4. The summed E-state index contributed by atoms with van der Waals surface area (Å²) >= 11 is 6.06. The summed E-state index contributed by atoms with van der Waals surface area (Å²) < 4.78 is 6.22. The molecule has 0 aliphatic carbocycles. The number of pyridine rings is 1. The molecule has 2 aromatic heterocycles. The lowest BCUT2D eigenvalue weighted by Gasteiger charge is -2.16. The Morgan fingerprint density at radius 3 is 2.90 bits per heavy atom. The Kier molecular flexibility index (Phi) is 4.80. The van der Waals surface area contributed by atoms with E-state index in [1.807, 2.05) is 6.07 Å². The van der Waals surface area contributed by atoms with Gasteiger partial charge in [-0.2, -0.15) is 0 Å². The zero-order chi connectivity index (χ0) is 15.4. The lowest BCUT2D eigenvalue weighted by Crippen LogP contribution is -2.29. The molecule has 2 rings (SSSR count). The van der Waals surface area contributed by atoms with Crippen LogP contribution < -0.4 is 0 Å². The summed E-state index contributed by atoms with van der Waals surface area (Å²) in [5.74, 6) is -0.521. The zero-order valence-corrected chi connectivity index (χ0v) is 12.6. The Morgan fingerprint density at radius 2 is 2.19 bits per heavy atom. The lowest BCUT2D eigenvalue weighted by molar-refractivity contribution is -0.140. The number of ether oxygens (including phenoxy) is 1. The van der Waals surface area contributed by atoms with Gasteiger partial charge in [-0.1, -0.05) is 17.7 Å². The Labute approximate surface area is 127 Å². The number of carbonyl (C=O) groups excluding carboxylic acids is 2. The van der Waals surface area contributed by atoms with E-state index >= 15 is 0 Å². The second-order valence-electron chi connectivity index (χ2n) is 4.59.